The van der Waals surface area contributed by atoms with Gasteiger partial charge in [-0.25, -0.2) is 0 Å². The second kappa shape index (κ2) is 16.2. The number of hydrogen-bond donors (Lipinski definition) is 13. The zero-order valence-corrected chi connectivity index (χ0v) is 27.8. The summed E-state index contributed by atoms with van der Waals surface area (Å²) in [4.78, 5) is 14.2. The summed E-state index contributed by atoms with van der Waals surface area (Å²) < 4.78 is 39.6. The minimum absolute atomic E-state index is 0.0723. The lowest BCUT2D eigenvalue weighted by molar-refractivity contribution is -0.358. The number of ether oxygens (including phenoxy) is 6. The van der Waals surface area contributed by atoms with Crippen molar-refractivity contribution in [3.05, 3.63) is 46.6 Å². The van der Waals surface area contributed by atoms with Crippen molar-refractivity contribution < 1.29 is 99.2 Å². The summed E-state index contributed by atoms with van der Waals surface area (Å²) in [6, 6.07) is 7.07. The van der Waals surface area contributed by atoms with Crippen molar-refractivity contribution in [2.45, 2.75) is 92.1 Å². The standard InChI is InChI=1S/C33H40O21/c34-7-15-19(39)23(43)26(46)31(50-15)48-12-5-13(38)18-14(6-12)49-28(10-1-3-11(37)4-2-10)29(22(18)42)53-33-30(25(45)21(41)17(9-36)52-33)54-32-27(47)24(44)20(40)16(8-35)51-32/h1-6,15-17,19-21,23-27,30-41,43-47H,7-9H2/t15-,16-,17-,19-,20-,21+,23+,24+,25+,26-,27-,30-,31-,32+,33+/m1/s1. The summed E-state index contributed by atoms with van der Waals surface area (Å²) in [5, 5.41) is 133. The Labute approximate surface area is 303 Å². The molecule has 4 heterocycles. The maximum Gasteiger partial charge on any atom is 0.239 e. The van der Waals surface area contributed by atoms with Gasteiger partial charge >= 0.3 is 0 Å². The Morgan fingerprint density at radius 1 is 0.593 bits per heavy atom. The Morgan fingerprint density at radius 3 is 1.69 bits per heavy atom. The fourth-order valence-corrected chi connectivity index (χ4v) is 6.28. The van der Waals surface area contributed by atoms with Gasteiger partial charge in [0.15, 0.2) is 18.2 Å². The fourth-order valence-electron chi connectivity index (χ4n) is 6.28. The first kappa shape index (κ1) is 39.9. The van der Waals surface area contributed by atoms with Gasteiger partial charge in [0, 0.05) is 17.7 Å². The van der Waals surface area contributed by atoms with Crippen molar-refractivity contribution in [2.24, 2.45) is 0 Å². The number of aliphatic hydroxyl groups excluding tert-OH is 11. The highest BCUT2D eigenvalue weighted by atomic mass is 16.8. The van der Waals surface area contributed by atoms with E-state index in [0.717, 1.165) is 12.1 Å². The first-order valence-electron chi connectivity index (χ1n) is 16.5. The number of phenols is 2. The summed E-state index contributed by atoms with van der Waals surface area (Å²) in [6.45, 7) is -2.48. The number of benzene rings is 2. The molecule has 0 unspecified atom stereocenters. The third-order valence-corrected chi connectivity index (χ3v) is 9.33. The van der Waals surface area contributed by atoms with Gasteiger partial charge in [-0.1, -0.05) is 0 Å². The Hall–Kier alpha value is -3.75. The van der Waals surface area contributed by atoms with Crippen LogP contribution in [0.25, 0.3) is 22.3 Å². The van der Waals surface area contributed by atoms with Crippen LogP contribution in [0.5, 0.6) is 23.0 Å². The van der Waals surface area contributed by atoms with Crippen LogP contribution in [-0.2, 0) is 18.9 Å². The summed E-state index contributed by atoms with van der Waals surface area (Å²) in [7, 11) is 0. The predicted octanol–water partition coefficient (Wildman–Crippen LogP) is -4.95. The van der Waals surface area contributed by atoms with E-state index < -0.39 is 140 Å². The molecule has 0 spiro atoms. The van der Waals surface area contributed by atoms with Gasteiger partial charge < -0.3 is 99.2 Å². The van der Waals surface area contributed by atoms with Crippen molar-refractivity contribution in [2.75, 3.05) is 19.8 Å². The van der Waals surface area contributed by atoms with Crippen molar-refractivity contribution in [3.63, 3.8) is 0 Å². The molecule has 54 heavy (non-hydrogen) atoms. The number of fused-ring (bicyclic) bond motifs is 1. The second-order valence-corrected chi connectivity index (χ2v) is 12.9. The average molecular weight is 773 g/mol. The van der Waals surface area contributed by atoms with Gasteiger partial charge in [-0.15, -0.1) is 0 Å². The summed E-state index contributed by atoms with van der Waals surface area (Å²) in [5.74, 6) is -2.38. The van der Waals surface area contributed by atoms with E-state index in [2.05, 4.69) is 0 Å². The molecule has 0 amide bonds. The van der Waals surface area contributed by atoms with Gasteiger partial charge in [-0.05, 0) is 24.3 Å². The molecule has 3 aromatic rings. The third kappa shape index (κ3) is 7.45. The van der Waals surface area contributed by atoms with Crippen LogP contribution in [0.1, 0.15) is 0 Å². The molecule has 3 aliphatic heterocycles. The highest BCUT2D eigenvalue weighted by Gasteiger charge is 2.52. The summed E-state index contributed by atoms with van der Waals surface area (Å²) in [6.07, 6.45) is -26.7. The number of aliphatic hydroxyl groups is 11. The lowest BCUT2D eigenvalue weighted by Gasteiger charge is -2.45. The Bertz CT molecular complexity index is 1800. The quantitative estimate of drug-likeness (QED) is 0.0918. The van der Waals surface area contributed by atoms with E-state index in [1.165, 1.54) is 24.3 Å². The molecule has 13 N–H and O–H groups in total. The van der Waals surface area contributed by atoms with Crippen LogP contribution in [0.4, 0.5) is 0 Å². The molecule has 2 aromatic carbocycles. The number of rotatable bonds is 10. The van der Waals surface area contributed by atoms with Crippen LogP contribution >= 0.6 is 0 Å². The fraction of sp³-hybridized carbons (Fsp3) is 0.545. The molecule has 3 aliphatic rings. The SMILES string of the molecule is O=c1c(O[C@@H]2O[C@H](CO)[C@H](O)[C@H](O)[C@H]2O[C@@H]2O[C@H](CO)[C@@H](O)[C@H](O)[C@H]2O)c(-c2ccc(O)cc2)oc2cc(O[C@@H]3O[C@H](CO)[C@@H](O)[C@H](O)[C@H]3O)cc(O)c12. The summed E-state index contributed by atoms with van der Waals surface area (Å²) in [5.41, 5.74) is -1.38. The number of hydrogen-bond acceptors (Lipinski definition) is 21. The molecule has 21 nitrogen and oxygen atoms in total. The van der Waals surface area contributed by atoms with Crippen LogP contribution < -0.4 is 14.9 Å². The normalized spacial score (nSPS) is 37.3. The van der Waals surface area contributed by atoms with Crippen molar-refractivity contribution in [1.29, 1.82) is 0 Å². The highest BCUT2D eigenvalue weighted by molar-refractivity contribution is 5.88. The molecular formula is C33H40O21. The Kier molecular flexibility index (Phi) is 11.9. The molecule has 3 fully saturated rings. The lowest BCUT2D eigenvalue weighted by Crippen LogP contribution is -2.65. The second-order valence-electron chi connectivity index (χ2n) is 12.9. The van der Waals surface area contributed by atoms with E-state index in [1.54, 1.807) is 0 Å². The van der Waals surface area contributed by atoms with Gasteiger partial charge in [-0.2, -0.15) is 0 Å². The van der Waals surface area contributed by atoms with E-state index in [4.69, 9.17) is 32.8 Å². The molecule has 6 rings (SSSR count). The van der Waals surface area contributed by atoms with Gasteiger partial charge in [-0.3, -0.25) is 4.79 Å². The average Bonchev–Trinajstić information content (AvgIpc) is 3.15. The highest BCUT2D eigenvalue weighted by Crippen LogP contribution is 2.39. The van der Waals surface area contributed by atoms with Crippen molar-refractivity contribution in [1.82, 2.24) is 0 Å². The topological polar surface area (TPSA) is 349 Å². The number of aromatic hydroxyl groups is 2. The van der Waals surface area contributed by atoms with Crippen molar-refractivity contribution in [3.8, 4) is 34.3 Å². The maximum atomic E-state index is 14.2. The van der Waals surface area contributed by atoms with Gasteiger partial charge in [0.2, 0.25) is 23.8 Å². The molecule has 0 aliphatic carbocycles. The van der Waals surface area contributed by atoms with Crippen LogP contribution in [0, 0.1) is 0 Å². The summed E-state index contributed by atoms with van der Waals surface area (Å²) >= 11 is 0. The van der Waals surface area contributed by atoms with E-state index in [9.17, 15) is 71.2 Å². The first-order chi connectivity index (χ1) is 25.7. The molecule has 1 aromatic heterocycles. The minimum Gasteiger partial charge on any atom is -0.508 e. The monoisotopic (exact) mass is 772 g/mol. The zero-order valence-electron chi connectivity index (χ0n) is 27.8. The van der Waals surface area contributed by atoms with Gasteiger partial charge in [0.25, 0.3) is 0 Å². The third-order valence-electron chi connectivity index (χ3n) is 9.33. The van der Waals surface area contributed by atoms with Crippen LogP contribution in [0.2, 0.25) is 0 Å². The van der Waals surface area contributed by atoms with E-state index in [1.807, 2.05) is 0 Å². The molecule has 15 atom stereocenters. The molecule has 0 radical (unpaired) electrons. The van der Waals surface area contributed by atoms with E-state index in [-0.39, 0.29) is 22.6 Å². The Balaban J connectivity index is 1.41. The van der Waals surface area contributed by atoms with E-state index >= 15 is 0 Å². The lowest BCUT2D eigenvalue weighted by atomic mass is 9.97. The van der Waals surface area contributed by atoms with Crippen LogP contribution in [0.15, 0.2) is 45.6 Å². The Morgan fingerprint density at radius 2 is 1.11 bits per heavy atom. The molecule has 0 saturated carbocycles. The molecular weight excluding hydrogens is 732 g/mol. The number of phenolic OH excluding ortho intramolecular Hbond substituents is 2. The molecule has 3 saturated heterocycles. The first-order valence-corrected chi connectivity index (χ1v) is 16.5. The minimum atomic E-state index is -2.01. The maximum absolute atomic E-state index is 14.2. The van der Waals surface area contributed by atoms with Crippen LogP contribution in [0.3, 0.4) is 0 Å². The predicted molar refractivity (Wildman–Crippen MR) is 173 cm³/mol. The van der Waals surface area contributed by atoms with E-state index in [0.29, 0.717) is 0 Å². The van der Waals surface area contributed by atoms with Crippen LogP contribution in [-0.4, -0.2) is 178 Å². The van der Waals surface area contributed by atoms with Gasteiger partial charge in [0.1, 0.15) is 95.4 Å². The van der Waals surface area contributed by atoms with Gasteiger partial charge in [0.05, 0.1) is 19.8 Å². The molecule has 21 heteroatoms. The molecule has 0 bridgehead atoms. The molecule has 298 valence electrons. The largest absolute Gasteiger partial charge is 0.508 e. The zero-order chi connectivity index (χ0) is 39.2. The smallest absolute Gasteiger partial charge is 0.239 e. The van der Waals surface area contributed by atoms with Crippen molar-refractivity contribution >= 4 is 11.0 Å².